The third-order valence-corrected chi connectivity index (χ3v) is 6.38. The molecule has 170 valence electrons. The zero-order valence-electron chi connectivity index (χ0n) is 18.9. The molecule has 3 aromatic rings. The maximum absolute atomic E-state index is 13.3. The quantitative estimate of drug-likeness (QED) is 0.581. The summed E-state index contributed by atoms with van der Waals surface area (Å²) < 4.78 is 26.1. The first kappa shape index (κ1) is 22.3. The van der Waals surface area contributed by atoms with E-state index in [9.17, 15) is 9.18 Å². The van der Waals surface area contributed by atoms with Gasteiger partial charge in [-0.05, 0) is 60.9 Å². The van der Waals surface area contributed by atoms with E-state index in [4.69, 9.17) is 9.47 Å². The average molecular weight is 440 g/mol. The number of aryl methyl sites for hydroxylation is 1. The van der Waals surface area contributed by atoms with Crippen molar-refractivity contribution in [2.45, 2.75) is 24.9 Å². The van der Waals surface area contributed by atoms with Crippen LogP contribution in [-0.4, -0.2) is 54.8 Å². The van der Waals surface area contributed by atoms with Crippen molar-refractivity contribution in [3.05, 3.63) is 65.6 Å². The molecule has 1 unspecified atom stereocenters. The molecule has 1 aliphatic heterocycles. The van der Waals surface area contributed by atoms with Crippen molar-refractivity contribution in [1.82, 2.24) is 14.8 Å². The number of nitrogens with one attached hydrogen (secondary N) is 1. The zero-order chi connectivity index (χ0) is 22.7. The number of ether oxygens (including phenoxy) is 2. The van der Waals surface area contributed by atoms with Gasteiger partial charge in [-0.2, -0.15) is 0 Å². The van der Waals surface area contributed by atoms with Crippen molar-refractivity contribution in [3.8, 4) is 5.75 Å². The van der Waals surface area contributed by atoms with Gasteiger partial charge in [0.2, 0.25) is 0 Å². The van der Waals surface area contributed by atoms with Crippen LogP contribution in [0.15, 0.2) is 48.7 Å². The van der Waals surface area contributed by atoms with Crippen molar-refractivity contribution in [2.75, 3.05) is 33.9 Å². The molecule has 1 fully saturated rings. The lowest BCUT2D eigenvalue weighted by Gasteiger charge is -2.31. The van der Waals surface area contributed by atoms with E-state index in [1.807, 2.05) is 13.1 Å². The van der Waals surface area contributed by atoms with Gasteiger partial charge in [0.05, 0.1) is 12.6 Å². The number of benzene rings is 2. The van der Waals surface area contributed by atoms with E-state index in [1.165, 1.54) is 35.2 Å². The van der Waals surface area contributed by atoms with E-state index < -0.39 is 0 Å². The molecule has 1 aliphatic rings. The Kier molecular flexibility index (Phi) is 6.48. The van der Waals surface area contributed by atoms with Gasteiger partial charge in [-0.1, -0.05) is 0 Å². The molecule has 2 heterocycles. The number of carbonyl (C=O) groups excluding carboxylic acids is 1. The maximum Gasteiger partial charge on any atom is 0.251 e. The highest BCUT2D eigenvalue weighted by molar-refractivity contribution is 5.94. The molecule has 0 bridgehead atoms. The Morgan fingerprint density at radius 2 is 1.97 bits per heavy atom. The Bertz CT molecular complexity index is 1100. The number of hydrogen-bond acceptors (Lipinski definition) is 4. The fourth-order valence-corrected chi connectivity index (χ4v) is 4.62. The van der Waals surface area contributed by atoms with E-state index >= 15 is 0 Å². The molecular weight excluding hydrogens is 409 g/mol. The molecule has 0 saturated carbocycles. The van der Waals surface area contributed by atoms with Gasteiger partial charge in [0, 0.05) is 63.1 Å². The second-order valence-corrected chi connectivity index (χ2v) is 8.59. The number of carbonyl (C=O) groups is 1. The van der Waals surface area contributed by atoms with Gasteiger partial charge in [-0.25, -0.2) is 4.39 Å². The van der Waals surface area contributed by atoms with Crippen LogP contribution in [0, 0.1) is 5.82 Å². The Hall–Kier alpha value is -2.90. The Balaban J connectivity index is 1.52. The molecule has 7 heteroatoms. The molecule has 6 nitrogen and oxygen atoms in total. The maximum atomic E-state index is 13.3. The first-order valence-electron chi connectivity index (χ1n) is 10.8. The SMILES string of the molecule is COCCC1(NC(=O)c2ccc(F)cc2)CCN(Cc2cn(C)c3ccc(OC)cc23)C1. The van der Waals surface area contributed by atoms with Gasteiger partial charge in [-0.15, -0.1) is 0 Å². The van der Waals surface area contributed by atoms with Crippen LogP contribution in [0.1, 0.15) is 28.8 Å². The Morgan fingerprint density at radius 1 is 1.19 bits per heavy atom. The molecule has 32 heavy (non-hydrogen) atoms. The van der Waals surface area contributed by atoms with Crippen LogP contribution < -0.4 is 10.1 Å². The van der Waals surface area contributed by atoms with Crippen LogP contribution in [0.5, 0.6) is 5.75 Å². The van der Waals surface area contributed by atoms with Crippen LogP contribution in [0.4, 0.5) is 4.39 Å². The summed E-state index contributed by atoms with van der Waals surface area (Å²) in [6.45, 7) is 2.94. The molecule has 1 amide bonds. The van der Waals surface area contributed by atoms with Gasteiger partial charge in [0.25, 0.3) is 5.91 Å². The summed E-state index contributed by atoms with van der Waals surface area (Å²) in [5, 5.41) is 4.41. The van der Waals surface area contributed by atoms with Crippen molar-refractivity contribution >= 4 is 16.8 Å². The fraction of sp³-hybridized carbons (Fsp3) is 0.400. The Morgan fingerprint density at radius 3 is 2.69 bits per heavy atom. The summed E-state index contributed by atoms with van der Waals surface area (Å²) in [6, 6.07) is 11.8. The molecular formula is C25H30FN3O3. The molecule has 4 rings (SSSR count). The summed E-state index contributed by atoms with van der Waals surface area (Å²) in [4.78, 5) is 15.3. The number of nitrogens with zero attached hydrogens (tertiary/aromatic N) is 2. The lowest BCUT2D eigenvalue weighted by molar-refractivity contribution is 0.0864. The van der Waals surface area contributed by atoms with Crippen LogP contribution in [-0.2, 0) is 18.3 Å². The largest absolute Gasteiger partial charge is 0.497 e. The van der Waals surface area contributed by atoms with Crippen LogP contribution in [0.3, 0.4) is 0 Å². The molecule has 1 saturated heterocycles. The van der Waals surface area contributed by atoms with Crippen LogP contribution >= 0.6 is 0 Å². The van der Waals surface area contributed by atoms with Gasteiger partial charge >= 0.3 is 0 Å². The predicted molar refractivity (Wildman–Crippen MR) is 122 cm³/mol. The number of halogens is 1. The third kappa shape index (κ3) is 4.64. The fourth-order valence-electron chi connectivity index (χ4n) is 4.62. The van der Waals surface area contributed by atoms with Gasteiger partial charge in [-0.3, -0.25) is 9.69 Å². The highest BCUT2D eigenvalue weighted by atomic mass is 19.1. The van der Waals surface area contributed by atoms with Gasteiger partial charge in [0.15, 0.2) is 0 Å². The van der Waals surface area contributed by atoms with E-state index in [2.05, 4.69) is 33.1 Å². The number of likely N-dealkylation sites (tertiary alicyclic amines) is 1. The normalized spacial score (nSPS) is 18.9. The standard InChI is InChI=1S/C25H30FN3O3/c1-28-15-19(22-14-21(32-3)8-9-23(22)28)16-29-12-10-25(17-29,11-13-31-2)27-24(30)18-4-6-20(26)7-5-18/h4-9,14-15H,10-13,16-17H2,1-3H3,(H,27,30). The highest BCUT2D eigenvalue weighted by Crippen LogP contribution is 2.31. The van der Waals surface area contributed by atoms with Crippen LogP contribution in [0.2, 0.25) is 0 Å². The number of fused-ring (bicyclic) bond motifs is 1. The molecule has 0 aliphatic carbocycles. The van der Waals surface area contributed by atoms with Crippen LogP contribution in [0.25, 0.3) is 10.9 Å². The number of hydrogen-bond donors (Lipinski definition) is 1. The van der Waals surface area contributed by atoms with Crippen molar-refractivity contribution in [3.63, 3.8) is 0 Å². The summed E-state index contributed by atoms with van der Waals surface area (Å²) in [7, 11) is 5.40. The Labute approximate surface area is 187 Å². The second kappa shape index (κ2) is 9.30. The highest BCUT2D eigenvalue weighted by Gasteiger charge is 2.39. The number of methoxy groups -OCH3 is 2. The molecule has 2 aromatic carbocycles. The monoisotopic (exact) mass is 439 g/mol. The van der Waals surface area contributed by atoms with Crippen molar-refractivity contribution in [2.24, 2.45) is 7.05 Å². The number of amides is 1. The molecule has 1 atom stereocenters. The smallest absolute Gasteiger partial charge is 0.251 e. The number of aromatic nitrogens is 1. The third-order valence-electron chi connectivity index (χ3n) is 6.38. The average Bonchev–Trinajstić information content (AvgIpc) is 3.33. The molecule has 1 N–H and O–H groups in total. The first-order valence-corrected chi connectivity index (χ1v) is 10.8. The lowest BCUT2D eigenvalue weighted by Crippen LogP contribution is -2.51. The van der Waals surface area contributed by atoms with E-state index in [-0.39, 0.29) is 17.3 Å². The summed E-state index contributed by atoms with van der Waals surface area (Å²) in [5.41, 5.74) is 2.47. The zero-order valence-corrected chi connectivity index (χ0v) is 18.9. The van der Waals surface area contributed by atoms with Crippen molar-refractivity contribution < 1.29 is 18.7 Å². The van der Waals surface area contributed by atoms with Gasteiger partial charge < -0.3 is 19.4 Å². The van der Waals surface area contributed by atoms with Crippen molar-refractivity contribution in [1.29, 1.82) is 0 Å². The van der Waals surface area contributed by atoms with E-state index in [1.54, 1.807) is 14.2 Å². The lowest BCUT2D eigenvalue weighted by atomic mass is 9.94. The minimum absolute atomic E-state index is 0.183. The summed E-state index contributed by atoms with van der Waals surface area (Å²) in [5.74, 6) is 0.305. The minimum Gasteiger partial charge on any atom is -0.497 e. The summed E-state index contributed by atoms with van der Waals surface area (Å²) >= 11 is 0. The first-order chi connectivity index (χ1) is 15.4. The topological polar surface area (TPSA) is 55.7 Å². The number of rotatable bonds is 8. The second-order valence-electron chi connectivity index (χ2n) is 8.59. The molecule has 0 radical (unpaired) electrons. The minimum atomic E-state index is -0.385. The van der Waals surface area contributed by atoms with E-state index in [0.29, 0.717) is 12.2 Å². The molecule has 1 aromatic heterocycles. The van der Waals surface area contributed by atoms with E-state index in [0.717, 1.165) is 43.7 Å². The predicted octanol–water partition coefficient (Wildman–Crippen LogP) is 3.74. The molecule has 0 spiro atoms. The summed E-state index contributed by atoms with van der Waals surface area (Å²) in [6.07, 6.45) is 3.71. The van der Waals surface area contributed by atoms with Gasteiger partial charge in [0.1, 0.15) is 11.6 Å².